The van der Waals surface area contributed by atoms with E-state index in [9.17, 15) is 18.0 Å². The fraction of sp³-hybridized carbons (Fsp3) is 0.394. The minimum Gasteiger partial charge on any atom is -0.359 e. The minimum absolute atomic E-state index is 0.0643. The molecule has 1 atom stereocenters. The normalized spacial score (nSPS) is 19.6. The van der Waals surface area contributed by atoms with Crippen molar-refractivity contribution in [2.24, 2.45) is 0 Å². The van der Waals surface area contributed by atoms with Crippen LogP contribution in [0.1, 0.15) is 59.3 Å². The molecule has 0 unspecified atom stereocenters. The van der Waals surface area contributed by atoms with Gasteiger partial charge in [-0.3, -0.25) is 9.59 Å². The van der Waals surface area contributed by atoms with Gasteiger partial charge in [0.15, 0.2) is 9.84 Å². The quantitative estimate of drug-likeness (QED) is 0.289. The maximum atomic E-state index is 13.5. The van der Waals surface area contributed by atoms with Crippen LogP contribution in [0.15, 0.2) is 41.3 Å². The lowest BCUT2D eigenvalue weighted by Gasteiger charge is -2.28. The molecule has 2 saturated heterocycles. The molecule has 3 aliphatic rings. The number of halogens is 2. The highest BCUT2D eigenvalue weighted by Gasteiger charge is 2.32. The molecular formula is C33H36Cl2N4O4S. The van der Waals surface area contributed by atoms with Crippen molar-refractivity contribution >= 4 is 62.2 Å². The average Bonchev–Trinajstić information content (AvgIpc) is 3.77. The van der Waals surface area contributed by atoms with Gasteiger partial charge in [0.25, 0.3) is 5.91 Å². The van der Waals surface area contributed by atoms with Gasteiger partial charge in [0.05, 0.1) is 22.6 Å². The summed E-state index contributed by atoms with van der Waals surface area (Å²) in [6.07, 6.45) is 6.58. The van der Waals surface area contributed by atoms with Crippen LogP contribution in [0, 0.1) is 13.8 Å². The number of aromatic amines is 1. The number of nitrogens with zero attached hydrogens (tertiary/aromatic N) is 2. The second-order valence-electron chi connectivity index (χ2n) is 12.0. The van der Waals surface area contributed by atoms with Crippen LogP contribution in [0.5, 0.6) is 0 Å². The summed E-state index contributed by atoms with van der Waals surface area (Å²) in [5.74, 6) is -0.559. The smallest absolute Gasteiger partial charge is 0.256 e. The monoisotopic (exact) mass is 654 g/mol. The Morgan fingerprint density at radius 1 is 1.02 bits per heavy atom. The Balaban J connectivity index is 1.24. The first-order valence-electron chi connectivity index (χ1n) is 15.0. The number of rotatable bonds is 8. The van der Waals surface area contributed by atoms with E-state index in [0.717, 1.165) is 61.5 Å². The van der Waals surface area contributed by atoms with Gasteiger partial charge in [-0.05, 0) is 100 Å². The average molecular weight is 656 g/mol. The Morgan fingerprint density at radius 3 is 2.48 bits per heavy atom. The Labute approximate surface area is 268 Å². The lowest BCUT2D eigenvalue weighted by molar-refractivity contribution is -0.131. The van der Waals surface area contributed by atoms with E-state index >= 15 is 0 Å². The van der Waals surface area contributed by atoms with Gasteiger partial charge in [-0.2, -0.15) is 0 Å². The summed E-state index contributed by atoms with van der Waals surface area (Å²) >= 11 is 12.5. The predicted octanol–water partition coefficient (Wildman–Crippen LogP) is 6.03. The van der Waals surface area contributed by atoms with Crippen molar-refractivity contribution in [3.63, 3.8) is 0 Å². The van der Waals surface area contributed by atoms with Crippen molar-refractivity contribution in [3.05, 3.63) is 80.1 Å². The zero-order valence-corrected chi connectivity index (χ0v) is 27.2. The molecule has 0 radical (unpaired) electrons. The second kappa shape index (κ2) is 12.4. The number of amides is 2. The Morgan fingerprint density at radius 2 is 1.75 bits per heavy atom. The fourth-order valence-corrected chi connectivity index (χ4v) is 8.81. The molecule has 0 saturated carbocycles. The third-order valence-electron chi connectivity index (χ3n) is 9.14. The summed E-state index contributed by atoms with van der Waals surface area (Å²) in [7, 11) is -3.83. The van der Waals surface area contributed by atoms with E-state index in [2.05, 4.69) is 20.1 Å². The van der Waals surface area contributed by atoms with Crippen LogP contribution < -0.4 is 5.32 Å². The number of likely N-dealkylation sites (tertiary alicyclic amines) is 2. The molecule has 4 heterocycles. The number of carbonyl (C=O) groups is 2. The van der Waals surface area contributed by atoms with Crippen molar-refractivity contribution in [1.29, 1.82) is 0 Å². The molecule has 6 rings (SSSR count). The molecule has 8 nitrogen and oxygen atoms in total. The lowest BCUT2D eigenvalue weighted by Crippen LogP contribution is -2.43. The number of aryl methyl sites for hydroxylation is 1. The number of H-pyrrole nitrogens is 1. The number of hydrogen-bond acceptors (Lipinski definition) is 5. The number of aromatic nitrogens is 1. The third-order valence-corrected chi connectivity index (χ3v) is 11.5. The number of nitrogens with one attached hydrogen (secondary N) is 2. The van der Waals surface area contributed by atoms with Crippen LogP contribution in [-0.4, -0.2) is 67.2 Å². The summed E-state index contributed by atoms with van der Waals surface area (Å²) in [5, 5.41) is 3.39. The summed E-state index contributed by atoms with van der Waals surface area (Å²) in [4.78, 5) is 34.5. The molecule has 2 amide bonds. The molecule has 2 aromatic carbocycles. The van der Waals surface area contributed by atoms with Crippen molar-refractivity contribution < 1.29 is 18.0 Å². The summed E-state index contributed by atoms with van der Waals surface area (Å²) in [6.45, 7) is 7.87. The zero-order chi connectivity index (χ0) is 31.2. The first kappa shape index (κ1) is 30.9. The maximum Gasteiger partial charge on any atom is 0.256 e. The van der Waals surface area contributed by atoms with E-state index in [1.54, 1.807) is 30.3 Å². The molecule has 3 aliphatic heterocycles. The number of fused-ring (bicyclic) bond motifs is 1. The van der Waals surface area contributed by atoms with E-state index in [4.69, 9.17) is 23.2 Å². The molecule has 0 bridgehead atoms. The SMILES string of the molecule is Cc1[nH]c(C=C2C(=O)Nc3ccc(S(=O)(=O)Cc4c(Cl)cccc4Cl)cc32)c(C)c1CC(=O)N1CCC[C@H]1CN1CCCC1. The van der Waals surface area contributed by atoms with Gasteiger partial charge in [0.2, 0.25) is 5.91 Å². The highest BCUT2D eigenvalue weighted by atomic mass is 35.5. The molecule has 3 aromatic rings. The van der Waals surface area contributed by atoms with E-state index in [1.807, 2.05) is 13.8 Å². The Hall–Kier alpha value is -3.11. The molecule has 1 aromatic heterocycles. The minimum atomic E-state index is -3.83. The number of carbonyl (C=O) groups excluding carboxylic acids is 2. The van der Waals surface area contributed by atoms with Crippen molar-refractivity contribution in [2.45, 2.75) is 62.6 Å². The number of anilines is 1. The van der Waals surface area contributed by atoms with Gasteiger partial charge in [-0.1, -0.05) is 29.3 Å². The Bertz CT molecular complexity index is 1760. The van der Waals surface area contributed by atoms with Crippen molar-refractivity contribution in [2.75, 3.05) is 31.5 Å². The first-order chi connectivity index (χ1) is 21.0. The van der Waals surface area contributed by atoms with Crippen LogP contribution in [0.25, 0.3) is 11.6 Å². The summed E-state index contributed by atoms with van der Waals surface area (Å²) < 4.78 is 26.8. The predicted molar refractivity (Wildman–Crippen MR) is 175 cm³/mol. The molecule has 44 heavy (non-hydrogen) atoms. The van der Waals surface area contributed by atoms with Gasteiger partial charge in [-0.25, -0.2) is 8.42 Å². The molecule has 232 valence electrons. The third kappa shape index (κ3) is 6.07. The van der Waals surface area contributed by atoms with Crippen molar-refractivity contribution in [1.82, 2.24) is 14.8 Å². The van der Waals surface area contributed by atoms with Crippen LogP contribution >= 0.6 is 23.2 Å². The summed E-state index contributed by atoms with van der Waals surface area (Å²) in [6, 6.07) is 9.72. The largest absolute Gasteiger partial charge is 0.359 e. The fourth-order valence-electron chi connectivity index (χ4n) is 6.69. The first-order valence-corrected chi connectivity index (χ1v) is 17.5. The van der Waals surface area contributed by atoms with E-state index < -0.39 is 9.84 Å². The molecule has 2 fully saturated rings. The van der Waals surface area contributed by atoms with Gasteiger partial charge in [-0.15, -0.1) is 0 Å². The Kier molecular flexibility index (Phi) is 8.67. The highest BCUT2D eigenvalue weighted by Crippen LogP contribution is 2.37. The van der Waals surface area contributed by atoms with E-state index in [1.165, 1.54) is 25.0 Å². The molecule has 11 heteroatoms. The topological polar surface area (TPSA) is 103 Å². The van der Waals surface area contributed by atoms with Crippen LogP contribution in [-0.2, 0) is 31.6 Å². The molecule has 0 aliphatic carbocycles. The van der Waals surface area contributed by atoms with Gasteiger partial charge in [0.1, 0.15) is 0 Å². The van der Waals surface area contributed by atoms with Gasteiger partial charge < -0.3 is 20.1 Å². The number of hydrogen-bond donors (Lipinski definition) is 2. The van der Waals surface area contributed by atoms with E-state index in [0.29, 0.717) is 28.8 Å². The maximum absolute atomic E-state index is 13.5. The second-order valence-corrected chi connectivity index (χ2v) is 14.8. The summed E-state index contributed by atoms with van der Waals surface area (Å²) in [5.41, 5.74) is 5.13. The van der Waals surface area contributed by atoms with Crippen LogP contribution in [0.3, 0.4) is 0 Å². The number of sulfone groups is 1. The van der Waals surface area contributed by atoms with Crippen LogP contribution in [0.2, 0.25) is 10.0 Å². The lowest BCUT2D eigenvalue weighted by atomic mass is 10.0. The zero-order valence-electron chi connectivity index (χ0n) is 24.9. The van der Waals surface area contributed by atoms with Gasteiger partial charge in [0, 0.05) is 57.4 Å². The highest BCUT2D eigenvalue weighted by molar-refractivity contribution is 7.90. The van der Waals surface area contributed by atoms with Crippen LogP contribution in [0.4, 0.5) is 5.69 Å². The molecular weight excluding hydrogens is 619 g/mol. The molecule has 2 N–H and O–H groups in total. The standard InChI is InChI=1S/C33H36Cl2N4O4S/c1-20-24(17-32(40)39-14-6-7-22(39)18-38-12-3-4-13-38)21(2)36-31(20)16-26-25-15-23(10-11-30(25)37-33(26)41)44(42,43)19-27-28(34)8-5-9-29(27)35/h5,8-11,15-16,22,36H,3-4,6-7,12-14,17-19H2,1-2H3,(H,37,41)/t22-/m0/s1. The van der Waals surface area contributed by atoms with E-state index in [-0.39, 0.29) is 38.5 Å². The number of benzene rings is 2. The van der Waals surface area contributed by atoms with Crippen molar-refractivity contribution in [3.8, 4) is 0 Å². The van der Waals surface area contributed by atoms with Gasteiger partial charge >= 0.3 is 0 Å². The molecule has 0 spiro atoms.